The highest BCUT2D eigenvalue weighted by atomic mass is 19.1. The smallest absolute Gasteiger partial charge is 0.251 e. The van der Waals surface area contributed by atoms with E-state index in [1.54, 1.807) is 12.1 Å². The summed E-state index contributed by atoms with van der Waals surface area (Å²) in [7, 11) is 0. The van der Waals surface area contributed by atoms with Gasteiger partial charge in [-0.3, -0.25) is 9.69 Å². The van der Waals surface area contributed by atoms with Crippen LogP contribution in [-0.4, -0.2) is 35.0 Å². The maximum atomic E-state index is 13.0. The van der Waals surface area contributed by atoms with Gasteiger partial charge in [0.2, 0.25) is 0 Å². The molecule has 1 aromatic carbocycles. The minimum atomic E-state index is -0.302. The molecule has 2 aliphatic heterocycles. The number of hydrogen-bond acceptors (Lipinski definition) is 2. The number of rotatable bonds is 3. The quantitative estimate of drug-likeness (QED) is 0.930. The number of nitrogens with one attached hydrogen (secondary N) is 1. The van der Waals surface area contributed by atoms with Crippen molar-refractivity contribution in [3.05, 3.63) is 35.6 Å². The molecule has 2 bridgehead atoms. The number of nitrogens with zero attached hydrogens (tertiary/aromatic N) is 1. The van der Waals surface area contributed by atoms with E-state index < -0.39 is 0 Å². The average Bonchev–Trinajstić information content (AvgIpc) is 3.31. The number of piperidine rings is 2. The Labute approximate surface area is 130 Å². The van der Waals surface area contributed by atoms with Gasteiger partial charge < -0.3 is 5.32 Å². The van der Waals surface area contributed by atoms with Crippen LogP contribution in [0.2, 0.25) is 0 Å². The molecule has 1 aromatic rings. The molecule has 2 heterocycles. The topological polar surface area (TPSA) is 32.3 Å². The Bertz CT molecular complexity index is 541. The molecule has 1 amide bonds. The standard InChI is InChI=1S/C18H23FN2O/c19-13-6-4-12(5-7-13)18(22)20-14-10-16-2-1-3-17(11-14)21(16)15-8-9-15/h4-7,14-17H,1-3,8-11H2,(H,20,22)/t16-,17-/m0/s1. The van der Waals surface area contributed by atoms with E-state index in [0.29, 0.717) is 17.6 Å². The SMILES string of the molecule is O=C(NC1C[C@@H]2CCC[C@@H](C1)N2C1CC1)c1ccc(F)cc1. The molecule has 2 saturated heterocycles. The zero-order chi connectivity index (χ0) is 15.1. The Hall–Kier alpha value is -1.42. The first kappa shape index (κ1) is 14.2. The third kappa shape index (κ3) is 2.76. The van der Waals surface area contributed by atoms with Crippen molar-refractivity contribution in [3.8, 4) is 0 Å². The Kier molecular flexibility index (Phi) is 3.65. The van der Waals surface area contributed by atoms with Gasteiger partial charge in [0.25, 0.3) is 5.91 Å². The molecule has 22 heavy (non-hydrogen) atoms. The van der Waals surface area contributed by atoms with Crippen LogP contribution >= 0.6 is 0 Å². The number of fused-ring (bicyclic) bond motifs is 2. The first-order valence-corrected chi connectivity index (χ1v) is 8.54. The molecule has 3 aliphatic rings. The van der Waals surface area contributed by atoms with Gasteiger partial charge in [-0.05, 0) is 62.8 Å². The summed E-state index contributed by atoms with van der Waals surface area (Å²) >= 11 is 0. The Morgan fingerprint density at radius 2 is 1.64 bits per heavy atom. The number of carbonyl (C=O) groups excluding carboxylic acids is 1. The van der Waals surface area contributed by atoms with Crippen LogP contribution in [0.15, 0.2) is 24.3 Å². The summed E-state index contributed by atoms with van der Waals surface area (Å²) in [5, 5.41) is 3.18. The average molecular weight is 302 g/mol. The second kappa shape index (κ2) is 5.65. The van der Waals surface area contributed by atoms with Crippen molar-refractivity contribution < 1.29 is 9.18 Å². The summed E-state index contributed by atoms with van der Waals surface area (Å²) in [4.78, 5) is 15.1. The largest absolute Gasteiger partial charge is 0.349 e. The van der Waals surface area contributed by atoms with Gasteiger partial charge >= 0.3 is 0 Å². The van der Waals surface area contributed by atoms with E-state index in [9.17, 15) is 9.18 Å². The molecule has 1 saturated carbocycles. The molecule has 1 N–H and O–H groups in total. The molecule has 0 unspecified atom stereocenters. The molecule has 1 aliphatic carbocycles. The van der Waals surface area contributed by atoms with Gasteiger partial charge in [0.15, 0.2) is 0 Å². The van der Waals surface area contributed by atoms with E-state index in [4.69, 9.17) is 0 Å². The van der Waals surface area contributed by atoms with Crippen LogP contribution in [0.1, 0.15) is 55.3 Å². The highest BCUT2D eigenvalue weighted by molar-refractivity contribution is 5.94. The van der Waals surface area contributed by atoms with Crippen LogP contribution < -0.4 is 5.32 Å². The van der Waals surface area contributed by atoms with Gasteiger partial charge in [-0.25, -0.2) is 4.39 Å². The minimum absolute atomic E-state index is 0.0667. The van der Waals surface area contributed by atoms with Crippen molar-refractivity contribution in [1.29, 1.82) is 0 Å². The zero-order valence-electron chi connectivity index (χ0n) is 12.8. The molecule has 3 fully saturated rings. The predicted molar refractivity (Wildman–Crippen MR) is 83.2 cm³/mol. The summed E-state index contributed by atoms with van der Waals surface area (Å²) in [5.41, 5.74) is 0.552. The fourth-order valence-corrected chi connectivity index (χ4v) is 4.37. The maximum absolute atomic E-state index is 13.0. The number of amides is 1. The fraction of sp³-hybridized carbons (Fsp3) is 0.611. The van der Waals surface area contributed by atoms with Gasteiger partial charge in [0.1, 0.15) is 5.82 Å². The van der Waals surface area contributed by atoms with Crippen LogP contribution in [0, 0.1) is 5.82 Å². The van der Waals surface area contributed by atoms with Crippen LogP contribution in [0.4, 0.5) is 4.39 Å². The van der Waals surface area contributed by atoms with Crippen LogP contribution in [0.5, 0.6) is 0 Å². The van der Waals surface area contributed by atoms with Gasteiger partial charge in [0.05, 0.1) is 0 Å². The first-order valence-electron chi connectivity index (χ1n) is 8.54. The lowest BCUT2D eigenvalue weighted by Crippen LogP contribution is -2.57. The highest BCUT2D eigenvalue weighted by Crippen LogP contribution is 2.41. The van der Waals surface area contributed by atoms with Crippen LogP contribution in [0.3, 0.4) is 0 Å². The molecule has 4 rings (SSSR count). The Balaban J connectivity index is 1.41. The number of halogens is 1. The van der Waals surface area contributed by atoms with E-state index in [0.717, 1.165) is 18.9 Å². The summed E-state index contributed by atoms with van der Waals surface area (Å²) in [5.74, 6) is -0.369. The Morgan fingerprint density at radius 1 is 1.00 bits per heavy atom. The summed E-state index contributed by atoms with van der Waals surface area (Å²) in [6, 6.07) is 8.21. The monoisotopic (exact) mass is 302 g/mol. The lowest BCUT2D eigenvalue weighted by Gasteiger charge is -2.49. The Morgan fingerprint density at radius 3 is 2.23 bits per heavy atom. The molecule has 2 atom stereocenters. The second-order valence-electron chi connectivity index (χ2n) is 7.07. The highest BCUT2D eigenvalue weighted by Gasteiger charge is 2.45. The maximum Gasteiger partial charge on any atom is 0.251 e. The lowest BCUT2D eigenvalue weighted by atomic mass is 9.81. The molecule has 0 aromatic heterocycles. The van der Waals surface area contributed by atoms with Crippen molar-refractivity contribution in [3.63, 3.8) is 0 Å². The second-order valence-corrected chi connectivity index (χ2v) is 7.07. The molecular formula is C18H23FN2O. The summed E-state index contributed by atoms with van der Waals surface area (Å²) < 4.78 is 13.0. The van der Waals surface area contributed by atoms with E-state index in [-0.39, 0.29) is 17.8 Å². The van der Waals surface area contributed by atoms with Gasteiger partial charge in [0, 0.05) is 29.7 Å². The summed E-state index contributed by atoms with van der Waals surface area (Å²) in [6.07, 6.45) is 8.74. The molecule has 4 heteroatoms. The number of hydrogen-bond donors (Lipinski definition) is 1. The third-order valence-corrected chi connectivity index (χ3v) is 5.44. The van der Waals surface area contributed by atoms with Crippen molar-refractivity contribution in [1.82, 2.24) is 10.2 Å². The minimum Gasteiger partial charge on any atom is -0.349 e. The predicted octanol–water partition coefficient (Wildman–Crippen LogP) is 3.10. The fourth-order valence-electron chi connectivity index (χ4n) is 4.37. The van der Waals surface area contributed by atoms with Gasteiger partial charge in [-0.15, -0.1) is 0 Å². The summed E-state index contributed by atoms with van der Waals surface area (Å²) in [6.45, 7) is 0. The molecule has 0 radical (unpaired) electrons. The van der Waals surface area contributed by atoms with Crippen molar-refractivity contribution >= 4 is 5.91 Å². The molecule has 3 nitrogen and oxygen atoms in total. The molecule has 0 spiro atoms. The van der Waals surface area contributed by atoms with E-state index in [2.05, 4.69) is 10.2 Å². The van der Waals surface area contributed by atoms with Gasteiger partial charge in [-0.2, -0.15) is 0 Å². The van der Waals surface area contributed by atoms with Crippen molar-refractivity contribution in [2.75, 3.05) is 0 Å². The normalized spacial score (nSPS) is 31.8. The van der Waals surface area contributed by atoms with Crippen LogP contribution in [0.25, 0.3) is 0 Å². The third-order valence-electron chi connectivity index (χ3n) is 5.44. The lowest BCUT2D eigenvalue weighted by molar-refractivity contribution is 0.0175. The van der Waals surface area contributed by atoms with E-state index >= 15 is 0 Å². The van der Waals surface area contributed by atoms with Gasteiger partial charge in [-0.1, -0.05) is 6.42 Å². The van der Waals surface area contributed by atoms with Crippen LogP contribution in [-0.2, 0) is 0 Å². The van der Waals surface area contributed by atoms with Crippen molar-refractivity contribution in [2.45, 2.75) is 69.1 Å². The van der Waals surface area contributed by atoms with E-state index in [1.165, 1.54) is 44.2 Å². The number of carbonyl (C=O) groups is 1. The molecule has 118 valence electrons. The first-order chi connectivity index (χ1) is 10.7. The number of benzene rings is 1. The van der Waals surface area contributed by atoms with E-state index in [1.807, 2.05) is 0 Å². The zero-order valence-corrected chi connectivity index (χ0v) is 12.8. The van der Waals surface area contributed by atoms with Crippen molar-refractivity contribution in [2.24, 2.45) is 0 Å². The molecular weight excluding hydrogens is 279 g/mol.